The summed E-state index contributed by atoms with van der Waals surface area (Å²) in [5.74, 6) is -0.199. The maximum atomic E-state index is 12.9. The van der Waals surface area contributed by atoms with Crippen LogP contribution in [0.15, 0.2) is 29.2 Å². The van der Waals surface area contributed by atoms with Gasteiger partial charge in [-0.3, -0.25) is 9.59 Å². The van der Waals surface area contributed by atoms with Gasteiger partial charge in [-0.2, -0.15) is 4.31 Å². The third kappa shape index (κ3) is 5.89. The number of likely N-dealkylation sites (tertiary alicyclic amines) is 1. The van der Waals surface area contributed by atoms with E-state index in [2.05, 4.69) is 10.2 Å². The van der Waals surface area contributed by atoms with Crippen LogP contribution in [0.2, 0.25) is 0 Å². The van der Waals surface area contributed by atoms with Crippen molar-refractivity contribution in [3.05, 3.63) is 29.8 Å². The molecule has 0 unspecified atom stereocenters. The monoisotopic (exact) mass is 435 g/mol. The first-order chi connectivity index (χ1) is 14.4. The summed E-state index contributed by atoms with van der Waals surface area (Å²) in [5, 5.41) is 3.04. The first kappa shape index (κ1) is 22.9. The Morgan fingerprint density at radius 2 is 1.57 bits per heavy atom. The second-order valence-corrected chi connectivity index (χ2v) is 10.2. The fourth-order valence-electron chi connectivity index (χ4n) is 4.21. The lowest BCUT2D eigenvalue weighted by molar-refractivity contribution is -0.126. The van der Waals surface area contributed by atoms with E-state index in [4.69, 9.17) is 0 Å². The quantitative estimate of drug-likeness (QED) is 0.664. The lowest BCUT2D eigenvalue weighted by Crippen LogP contribution is -2.44. The van der Waals surface area contributed by atoms with Crippen LogP contribution >= 0.6 is 0 Å². The van der Waals surface area contributed by atoms with Crippen molar-refractivity contribution < 1.29 is 18.0 Å². The maximum absolute atomic E-state index is 12.9. The molecule has 2 saturated heterocycles. The fourth-order valence-corrected chi connectivity index (χ4v) is 5.68. The molecule has 1 aromatic rings. The van der Waals surface area contributed by atoms with Crippen molar-refractivity contribution in [2.24, 2.45) is 5.92 Å². The number of sulfonamides is 1. The highest BCUT2D eigenvalue weighted by Crippen LogP contribution is 2.24. The Balaban J connectivity index is 1.46. The summed E-state index contributed by atoms with van der Waals surface area (Å²) in [6, 6.07) is 6.04. The lowest BCUT2D eigenvalue weighted by Gasteiger charge is -2.30. The van der Waals surface area contributed by atoms with Crippen molar-refractivity contribution in [1.29, 1.82) is 0 Å². The molecular formula is C22H33N3O4S. The highest BCUT2D eigenvalue weighted by Gasteiger charge is 2.32. The number of rotatable bonds is 7. The Labute approximate surface area is 179 Å². The molecule has 7 nitrogen and oxygen atoms in total. The number of carbonyl (C=O) groups excluding carboxylic acids is 2. The number of benzene rings is 1. The number of Topliss-reactive ketones (excluding diaryl/α,β-unsaturated/α-hetero) is 1. The standard InChI is InChI=1S/C22H33N3O4S/c1-18(26)19-6-8-21(9-7-19)30(28,29)25-15-10-20(11-16-25)22(27)23-12-17-24-13-4-2-3-5-14-24/h6-9,20H,2-5,10-17H2,1H3,(H,23,27). The van der Waals surface area contributed by atoms with Gasteiger partial charge in [-0.1, -0.05) is 25.0 Å². The van der Waals surface area contributed by atoms with Crippen LogP contribution in [0.5, 0.6) is 0 Å². The van der Waals surface area contributed by atoms with E-state index in [1.807, 2.05) is 0 Å². The molecule has 2 heterocycles. The molecule has 0 bridgehead atoms. The summed E-state index contributed by atoms with van der Waals surface area (Å²) in [4.78, 5) is 26.5. The summed E-state index contributed by atoms with van der Waals surface area (Å²) in [5.41, 5.74) is 0.490. The van der Waals surface area contributed by atoms with E-state index in [1.165, 1.54) is 49.0 Å². The normalized spacial score (nSPS) is 19.9. The zero-order chi connectivity index (χ0) is 21.6. The number of amides is 1. The van der Waals surface area contributed by atoms with Gasteiger partial charge in [0.2, 0.25) is 15.9 Å². The van der Waals surface area contributed by atoms with Gasteiger partial charge in [-0.25, -0.2) is 8.42 Å². The van der Waals surface area contributed by atoms with Crippen molar-refractivity contribution in [2.75, 3.05) is 39.3 Å². The van der Waals surface area contributed by atoms with E-state index in [0.29, 0.717) is 38.0 Å². The summed E-state index contributed by atoms with van der Waals surface area (Å²) >= 11 is 0. The molecule has 3 rings (SSSR count). The minimum Gasteiger partial charge on any atom is -0.355 e. The van der Waals surface area contributed by atoms with Crippen LogP contribution in [0, 0.1) is 5.92 Å². The topological polar surface area (TPSA) is 86.8 Å². The Bertz CT molecular complexity index is 822. The van der Waals surface area contributed by atoms with Gasteiger partial charge in [0.1, 0.15) is 0 Å². The predicted molar refractivity (Wildman–Crippen MR) is 116 cm³/mol. The van der Waals surface area contributed by atoms with E-state index in [1.54, 1.807) is 12.1 Å². The minimum atomic E-state index is -3.60. The van der Waals surface area contributed by atoms with Gasteiger partial charge >= 0.3 is 0 Å². The number of hydrogen-bond acceptors (Lipinski definition) is 5. The van der Waals surface area contributed by atoms with E-state index >= 15 is 0 Å². The average molecular weight is 436 g/mol. The number of piperidine rings is 1. The molecule has 0 aliphatic carbocycles. The molecule has 1 N–H and O–H groups in total. The van der Waals surface area contributed by atoms with Crippen LogP contribution in [0.3, 0.4) is 0 Å². The molecular weight excluding hydrogens is 402 g/mol. The van der Waals surface area contributed by atoms with Gasteiger partial charge in [-0.05, 0) is 57.8 Å². The minimum absolute atomic E-state index is 0.0349. The average Bonchev–Trinajstić information content (AvgIpc) is 3.02. The molecule has 30 heavy (non-hydrogen) atoms. The van der Waals surface area contributed by atoms with Gasteiger partial charge in [0.15, 0.2) is 5.78 Å². The maximum Gasteiger partial charge on any atom is 0.243 e. The third-order valence-corrected chi connectivity index (χ3v) is 8.06. The molecule has 0 radical (unpaired) electrons. The second kappa shape index (κ2) is 10.5. The number of carbonyl (C=O) groups is 2. The Morgan fingerprint density at radius 3 is 2.13 bits per heavy atom. The first-order valence-corrected chi connectivity index (χ1v) is 12.4. The van der Waals surface area contributed by atoms with Crippen molar-refractivity contribution >= 4 is 21.7 Å². The molecule has 2 aliphatic rings. The van der Waals surface area contributed by atoms with Gasteiger partial charge in [0.05, 0.1) is 4.90 Å². The number of nitrogens with zero attached hydrogens (tertiary/aromatic N) is 2. The SMILES string of the molecule is CC(=O)c1ccc(S(=O)(=O)N2CCC(C(=O)NCCN3CCCCCC3)CC2)cc1. The van der Waals surface area contributed by atoms with Crippen molar-refractivity contribution in [1.82, 2.24) is 14.5 Å². The summed E-state index contributed by atoms with van der Waals surface area (Å²) in [7, 11) is -3.60. The number of hydrogen-bond donors (Lipinski definition) is 1. The largest absolute Gasteiger partial charge is 0.355 e. The zero-order valence-corrected chi connectivity index (χ0v) is 18.6. The van der Waals surface area contributed by atoms with Crippen LogP contribution in [0.1, 0.15) is 55.8 Å². The molecule has 1 aromatic carbocycles. The highest BCUT2D eigenvalue weighted by molar-refractivity contribution is 7.89. The molecule has 166 valence electrons. The van der Waals surface area contributed by atoms with E-state index in [9.17, 15) is 18.0 Å². The molecule has 2 aliphatic heterocycles. The molecule has 0 aromatic heterocycles. The van der Waals surface area contributed by atoms with Crippen LogP contribution < -0.4 is 5.32 Å². The van der Waals surface area contributed by atoms with Crippen LogP contribution in [0.25, 0.3) is 0 Å². The van der Waals surface area contributed by atoms with E-state index in [-0.39, 0.29) is 22.5 Å². The third-order valence-electron chi connectivity index (χ3n) is 6.15. The van der Waals surface area contributed by atoms with Crippen LogP contribution in [-0.2, 0) is 14.8 Å². The lowest BCUT2D eigenvalue weighted by atomic mass is 9.97. The second-order valence-electron chi connectivity index (χ2n) is 8.31. The van der Waals surface area contributed by atoms with Crippen LogP contribution in [-0.4, -0.2) is 68.6 Å². The Morgan fingerprint density at radius 1 is 0.967 bits per heavy atom. The number of nitrogens with one attached hydrogen (secondary N) is 1. The first-order valence-electron chi connectivity index (χ1n) is 11.0. The summed E-state index contributed by atoms with van der Waals surface area (Å²) < 4.78 is 27.2. The van der Waals surface area contributed by atoms with Gasteiger partial charge in [0, 0.05) is 37.7 Å². The van der Waals surface area contributed by atoms with Crippen LogP contribution in [0.4, 0.5) is 0 Å². The Hall–Kier alpha value is -1.77. The fraction of sp³-hybridized carbons (Fsp3) is 0.636. The van der Waals surface area contributed by atoms with Crippen molar-refractivity contribution in [2.45, 2.75) is 50.3 Å². The zero-order valence-electron chi connectivity index (χ0n) is 17.8. The molecule has 0 spiro atoms. The Kier molecular flexibility index (Phi) is 8.02. The molecule has 1 amide bonds. The van der Waals surface area contributed by atoms with Gasteiger partial charge in [0.25, 0.3) is 0 Å². The van der Waals surface area contributed by atoms with Gasteiger partial charge < -0.3 is 10.2 Å². The summed E-state index contributed by atoms with van der Waals surface area (Å²) in [6.07, 6.45) is 6.12. The van der Waals surface area contributed by atoms with E-state index < -0.39 is 10.0 Å². The molecule has 0 atom stereocenters. The van der Waals surface area contributed by atoms with E-state index in [0.717, 1.165) is 19.6 Å². The number of ketones is 1. The highest BCUT2D eigenvalue weighted by atomic mass is 32.2. The van der Waals surface area contributed by atoms with Gasteiger partial charge in [-0.15, -0.1) is 0 Å². The summed E-state index contributed by atoms with van der Waals surface area (Å²) in [6.45, 7) is 5.88. The predicted octanol–water partition coefficient (Wildman–Crippen LogP) is 2.28. The smallest absolute Gasteiger partial charge is 0.243 e. The van der Waals surface area contributed by atoms with Crippen molar-refractivity contribution in [3.63, 3.8) is 0 Å². The molecule has 0 saturated carbocycles. The molecule has 8 heteroatoms. The van der Waals surface area contributed by atoms with Crippen molar-refractivity contribution in [3.8, 4) is 0 Å². The molecule has 2 fully saturated rings.